The van der Waals surface area contributed by atoms with Gasteiger partial charge in [-0.15, -0.1) is 0 Å². The van der Waals surface area contributed by atoms with Crippen LogP contribution in [0.2, 0.25) is 0 Å². The number of methoxy groups -OCH3 is 1. The summed E-state index contributed by atoms with van der Waals surface area (Å²) >= 11 is 3.42. The Balaban J connectivity index is 2.62. The fourth-order valence-electron chi connectivity index (χ4n) is 1.69. The van der Waals surface area contributed by atoms with E-state index in [2.05, 4.69) is 28.2 Å². The fourth-order valence-corrected chi connectivity index (χ4v) is 2.24. The van der Waals surface area contributed by atoms with E-state index in [9.17, 15) is 4.39 Å². The van der Waals surface area contributed by atoms with Crippen LogP contribution >= 0.6 is 15.9 Å². The van der Waals surface area contributed by atoms with Gasteiger partial charge in [0.05, 0.1) is 7.11 Å². The molecule has 0 fully saturated rings. The molecule has 0 aliphatic carbocycles. The molecule has 0 aliphatic rings. The lowest BCUT2D eigenvalue weighted by molar-refractivity contribution is 0.381. The first kappa shape index (κ1) is 14.5. The zero-order valence-electron chi connectivity index (χ0n) is 10.3. The minimum Gasteiger partial charge on any atom is -0.494 e. The normalized spacial score (nSPS) is 12.5. The van der Waals surface area contributed by atoms with Crippen molar-refractivity contribution in [2.24, 2.45) is 0 Å². The van der Waals surface area contributed by atoms with Crippen molar-refractivity contribution >= 4 is 15.9 Å². The first-order valence-electron chi connectivity index (χ1n) is 5.83. The van der Waals surface area contributed by atoms with Crippen LogP contribution in [0.4, 0.5) is 4.39 Å². The first-order valence-corrected chi connectivity index (χ1v) is 6.95. The van der Waals surface area contributed by atoms with Gasteiger partial charge >= 0.3 is 0 Å². The lowest BCUT2D eigenvalue weighted by Gasteiger charge is -2.16. The van der Waals surface area contributed by atoms with Gasteiger partial charge in [-0.25, -0.2) is 4.39 Å². The van der Waals surface area contributed by atoms with Gasteiger partial charge in [-0.3, -0.25) is 0 Å². The second kappa shape index (κ2) is 7.67. The zero-order chi connectivity index (χ0) is 12.7. The van der Waals surface area contributed by atoms with Crippen molar-refractivity contribution < 1.29 is 9.13 Å². The van der Waals surface area contributed by atoms with E-state index in [0.29, 0.717) is 23.9 Å². The Kier molecular flexibility index (Phi) is 6.52. The zero-order valence-corrected chi connectivity index (χ0v) is 11.9. The highest BCUT2D eigenvalue weighted by atomic mass is 79.9. The molecule has 1 N–H and O–H groups in total. The topological polar surface area (TPSA) is 21.3 Å². The van der Waals surface area contributed by atoms with E-state index in [0.717, 1.165) is 18.2 Å². The number of ether oxygens (including phenoxy) is 1. The molecule has 1 atom stereocenters. The molecule has 0 bridgehead atoms. The van der Waals surface area contributed by atoms with E-state index in [4.69, 9.17) is 4.74 Å². The van der Waals surface area contributed by atoms with Crippen LogP contribution in [-0.4, -0.2) is 18.5 Å². The van der Waals surface area contributed by atoms with Crippen molar-refractivity contribution in [3.63, 3.8) is 0 Å². The highest BCUT2D eigenvalue weighted by molar-refractivity contribution is 9.09. The summed E-state index contributed by atoms with van der Waals surface area (Å²) in [6, 6.07) is 5.64. The molecule has 1 unspecified atom stereocenters. The molecule has 0 spiro atoms. The highest BCUT2D eigenvalue weighted by Gasteiger charge is 2.10. The predicted octanol–water partition coefficient (Wildman–Crippen LogP) is 3.49. The van der Waals surface area contributed by atoms with Crippen molar-refractivity contribution in [2.45, 2.75) is 32.4 Å². The first-order chi connectivity index (χ1) is 8.22. The van der Waals surface area contributed by atoms with Crippen LogP contribution in [0.5, 0.6) is 5.75 Å². The third-order valence-electron chi connectivity index (χ3n) is 2.79. The van der Waals surface area contributed by atoms with Gasteiger partial charge in [0.1, 0.15) is 0 Å². The average Bonchev–Trinajstić information content (AvgIpc) is 2.36. The number of alkyl halides is 1. The van der Waals surface area contributed by atoms with Crippen LogP contribution in [0.15, 0.2) is 18.2 Å². The van der Waals surface area contributed by atoms with Crippen LogP contribution in [-0.2, 0) is 6.54 Å². The van der Waals surface area contributed by atoms with Gasteiger partial charge < -0.3 is 10.1 Å². The lowest BCUT2D eigenvalue weighted by atomic mass is 10.1. The molecule has 0 aliphatic heterocycles. The Labute approximate surface area is 111 Å². The largest absolute Gasteiger partial charge is 0.494 e. The molecule has 1 aromatic rings. The molecule has 2 nitrogen and oxygen atoms in total. The summed E-state index contributed by atoms with van der Waals surface area (Å²) in [5, 5.41) is 4.31. The van der Waals surface area contributed by atoms with E-state index in [-0.39, 0.29) is 5.82 Å². The van der Waals surface area contributed by atoms with E-state index < -0.39 is 0 Å². The number of benzene rings is 1. The molecule has 0 saturated heterocycles. The highest BCUT2D eigenvalue weighted by Crippen LogP contribution is 2.20. The van der Waals surface area contributed by atoms with E-state index in [1.54, 1.807) is 12.1 Å². The summed E-state index contributed by atoms with van der Waals surface area (Å²) in [7, 11) is 1.48. The number of halogens is 2. The van der Waals surface area contributed by atoms with Gasteiger partial charge in [0, 0.05) is 23.5 Å². The van der Waals surface area contributed by atoms with Crippen LogP contribution in [0.25, 0.3) is 0 Å². The Morgan fingerprint density at radius 2 is 2.24 bits per heavy atom. The van der Waals surface area contributed by atoms with Gasteiger partial charge in [-0.05, 0) is 18.9 Å². The Morgan fingerprint density at radius 1 is 1.47 bits per heavy atom. The molecule has 0 radical (unpaired) electrons. The molecular weight excluding hydrogens is 285 g/mol. The van der Waals surface area contributed by atoms with Crippen LogP contribution in [0.3, 0.4) is 0 Å². The van der Waals surface area contributed by atoms with Crippen molar-refractivity contribution in [1.29, 1.82) is 0 Å². The second-order valence-corrected chi connectivity index (χ2v) is 4.69. The summed E-state index contributed by atoms with van der Waals surface area (Å²) < 4.78 is 18.8. The molecule has 0 aromatic heterocycles. The average molecular weight is 304 g/mol. The Bertz CT molecular complexity index is 346. The molecule has 1 rings (SSSR count). The third kappa shape index (κ3) is 4.28. The predicted molar refractivity (Wildman–Crippen MR) is 72.3 cm³/mol. The number of rotatable bonds is 7. The van der Waals surface area contributed by atoms with Gasteiger partial charge in [-0.1, -0.05) is 35.0 Å². The Hall–Kier alpha value is -0.610. The van der Waals surface area contributed by atoms with Crippen molar-refractivity contribution in [3.05, 3.63) is 29.6 Å². The van der Waals surface area contributed by atoms with Gasteiger partial charge in [0.25, 0.3) is 0 Å². The van der Waals surface area contributed by atoms with Crippen molar-refractivity contribution in [2.75, 3.05) is 12.4 Å². The summed E-state index contributed by atoms with van der Waals surface area (Å²) in [6.45, 7) is 2.66. The molecular formula is C13H19BrFNO. The molecule has 0 amide bonds. The maximum Gasteiger partial charge on any atom is 0.169 e. The fraction of sp³-hybridized carbons (Fsp3) is 0.538. The standard InChI is InChI=1S/C13H19BrFNO/c1-3-11(7-8-14)16-9-10-5-4-6-12(17-2)13(10)15/h4-6,11,16H,3,7-9H2,1-2H3. The minimum absolute atomic E-state index is 0.267. The van der Waals surface area contributed by atoms with Gasteiger partial charge in [0.15, 0.2) is 11.6 Å². The molecule has 96 valence electrons. The smallest absolute Gasteiger partial charge is 0.169 e. The number of hydrogen-bond acceptors (Lipinski definition) is 2. The Morgan fingerprint density at radius 3 is 2.82 bits per heavy atom. The van der Waals surface area contributed by atoms with Crippen molar-refractivity contribution in [3.8, 4) is 5.75 Å². The van der Waals surface area contributed by atoms with Crippen LogP contribution < -0.4 is 10.1 Å². The lowest BCUT2D eigenvalue weighted by Crippen LogP contribution is -2.28. The molecule has 0 heterocycles. The van der Waals surface area contributed by atoms with Crippen LogP contribution in [0, 0.1) is 5.82 Å². The third-order valence-corrected chi connectivity index (χ3v) is 3.25. The van der Waals surface area contributed by atoms with E-state index in [1.165, 1.54) is 7.11 Å². The van der Waals surface area contributed by atoms with E-state index in [1.807, 2.05) is 6.07 Å². The second-order valence-electron chi connectivity index (χ2n) is 3.90. The summed E-state index contributed by atoms with van der Waals surface area (Å²) in [6.07, 6.45) is 2.08. The quantitative estimate of drug-likeness (QED) is 0.779. The summed E-state index contributed by atoms with van der Waals surface area (Å²) in [5.74, 6) is 0.0361. The number of nitrogens with one attached hydrogen (secondary N) is 1. The van der Waals surface area contributed by atoms with Gasteiger partial charge in [0.2, 0.25) is 0 Å². The maximum absolute atomic E-state index is 13.8. The van der Waals surface area contributed by atoms with E-state index >= 15 is 0 Å². The molecule has 1 aromatic carbocycles. The summed E-state index contributed by atoms with van der Waals surface area (Å²) in [5.41, 5.74) is 0.650. The molecule has 0 saturated carbocycles. The molecule has 4 heteroatoms. The SMILES string of the molecule is CCC(CCBr)NCc1cccc(OC)c1F. The van der Waals surface area contributed by atoms with Gasteiger partial charge in [-0.2, -0.15) is 0 Å². The maximum atomic E-state index is 13.8. The molecule has 17 heavy (non-hydrogen) atoms. The monoisotopic (exact) mass is 303 g/mol. The van der Waals surface area contributed by atoms with Crippen molar-refractivity contribution in [1.82, 2.24) is 5.32 Å². The number of hydrogen-bond donors (Lipinski definition) is 1. The summed E-state index contributed by atoms with van der Waals surface area (Å²) in [4.78, 5) is 0. The van der Waals surface area contributed by atoms with Crippen LogP contribution in [0.1, 0.15) is 25.3 Å². The minimum atomic E-state index is -0.267.